The molecule has 34 heavy (non-hydrogen) atoms. The van der Waals surface area contributed by atoms with Crippen molar-refractivity contribution >= 4 is 17.2 Å². The lowest BCUT2D eigenvalue weighted by Gasteiger charge is -2.37. The van der Waals surface area contributed by atoms with E-state index in [0.717, 1.165) is 11.1 Å². The van der Waals surface area contributed by atoms with Gasteiger partial charge in [0, 0.05) is 10.5 Å². The van der Waals surface area contributed by atoms with E-state index in [-0.39, 0.29) is 5.78 Å². The zero-order valence-electron chi connectivity index (χ0n) is 18.3. The van der Waals surface area contributed by atoms with Crippen molar-refractivity contribution in [1.29, 1.82) is 0 Å². The molecule has 5 rings (SSSR count). The Hall–Kier alpha value is -4.67. The molecule has 0 saturated heterocycles. The van der Waals surface area contributed by atoms with Crippen molar-refractivity contribution in [2.75, 3.05) is 5.01 Å². The van der Waals surface area contributed by atoms with E-state index in [1.807, 2.05) is 97.1 Å². The molecule has 6 nitrogen and oxygen atoms in total. The number of carbonyl (C=O) groups is 1. The monoisotopic (exact) mass is 443 g/mol. The van der Waals surface area contributed by atoms with Crippen molar-refractivity contribution in [1.82, 2.24) is 0 Å². The van der Waals surface area contributed by atoms with Gasteiger partial charge in [-0.15, -0.1) is 0 Å². The molecule has 0 amide bonds. The molecule has 0 aromatic heterocycles. The number of hydrogen-bond acceptors (Lipinski definition) is 4. The second kappa shape index (κ2) is 9.06. The van der Waals surface area contributed by atoms with Gasteiger partial charge in [-0.2, -0.15) is 5.10 Å². The number of azide groups is 1. The number of nitrogens with zero attached hydrogens (tertiary/aromatic N) is 5. The molecule has 0 radical (unpaired) electrons. The first-order chi connectivity index (χ1) is 16.8. The van der Waals surface area contributed by atoms with Crippen molar-refractivity contribution in [3.63, 3.8) is 0 Å². The normalized spacial score (nSPS) is 19.2. The standard InChI is InChI=1S/C28H21N5O/c29-32-31-28(27(34)23-17-9-3-10-18-23)25(21-13-5-1-6-14-21)26(22-15-7-2-8-16-22)30-33(28)24-19-11-4-12-20-24/h1-20,25H/t25-,28-/m1/s1. The molecule has 164 valence electrons. The summed E-state index contributed by atoms with van der Waals surface area (Å²) in [4.78, 5) is 17.5. The number of para-hydroxylation sites is 1. The number of hydrazone groups is 1. The summed E-state index contributed by atoms with van der Waals surface area (Å²) in [6, 6.07) is 37.6. The van der Waals surface area contributed by atoms with Gasteiger partial charge in [0.15, 0.2) is 5.78 Å². The Morgan fingerprint density at radius 3 is 1.91 bits per heavy atom. The maximum Gasteiger partial charge on any atom is 0.216 e. The average molecular weight is 444 g/mol. The summed E-state index contributed by atoms with van der Waals surface area (Å²) >= 11 is 0. The van der Waals surface area contributed by atoms with Crippen LogP contribution in [0.25, 0.3) is 10.4 Å². The highest BCUT2D eigenvalue weighted by Crippen LogP contribution is 2.47. The number of Topliss-reactive ketones (excluding diaryl/α,β-unsaturated/α-hetero) is 1. The van der Waals surface area contributed by atoms with Gasteiger partial charge in [-0.3, -0.25) is 4.79 Å². The SMILES string of the molecule is [N-]=[N+]=N[C@]1(C(=O)c2ccccc2)[C@H](c2ccccc2)C(c2ccccc2)=NN1c1ccccc1. The summed E-state index contributed by atoms with van der Waals surface area (Å²) in [7, 11) is 0. The van der Waals surface area contributed by atoms with Crippen molar-refractivity contribution in [3.8, 4) is 0 Å². The first-order valence-corrected chi connectivity index (χ1v) is 11.0. The van der Waals surface area contributed by atoms with Gasteiger partial charge in [-0.25, -0.2) is 5.01 Å². The minimum Gasteiger partial charge on any atom is -0.291 e. The lowest BCUT2D eigenvalue weighted by molar-refractivity contribution is 0.0884. The highest BCUT2D eigenvalue weighted by Gasteiger charge is 2.58. The van der Waals surface area contributed by atoms with Gasteiger partial charge in [0.2, 0.25) is 5.66 Å². The topological polar surface area (TPSA) is 81.4 Å². The summed E-state index contributed by atoms with van der Waals surface area (Å²) in [5.41, 5.74) is 11.6. The molecule has 4 aromatic carbocycles. The van der Waals surface area contributed by atoms with Crippen molar-refractivity contribution < 1.29 is 4.79 Å². The van der Waals surface area contributed by atoms with E-state index < -0.39 is 11.6 Å². The molecule has 0 bridgehead atoms. The van der Waals surface area contributed by atoms with Gasteiger partial charge in [-0.1, -0.05) is 114 Å². The number of carbonyl (C=O) groups excluding carboxylic acids is 1. The summed E-state index contributed by atoms with van der Waals surface area (Å²) in [6.07, 6.45) is 0. The quantitative estimate of drug-likeness (QED) is 0.146. The number of rotatable bonds is 6. The van der Waals surface area contributed by atoms with E-state index in [1.54, 1.807) is 29.3 Å². The van der Waals surface area contributed by atoms with Crippen LogP contribution >= 0.6 is 0 Å². The molecule has 4 aromatic rings. The summed E-state index contributed by atoms with van der Waals surface area (Å²) in [5, 5.41) is 10.8. The Bertz CT molecular complexity index is 1370. The fourth-order valence-corrected chi connectivity index (χ4v) is 4.49. The Kier molecular flexibility index (Phi) is 5.65. The number of anilines is 1. The van der Waals surface area contributed by atoms with Crippen molar-refractivity contribution in [3.05, 3.63) is 148 Å². The lowest BCUT2D eigenvalue weighted by atomic mass is 9.77. The summed E-state index contributed by atoms with van der Waals surface area (Å²) in [6.45, 7) is 0. The molecule has 0 aliphatic carbocycles. The van der Waals surface area contributed by atoms with Crippen molar-refractivity contribution in [2.24, 2.45) is 10.2 Å². The molecule has 0 unspecified atom stereocenters. The molecule has 2 atom stereocenters. The molecule has 0 N–H and O–H groups in total. The molecule has 6 heteroatoms. The van der Waals surface area contributed by atoms with Crippen LogP contribution in [-0.4, -0.2) is 17.2 Å². The third-order valence-electron chi connectivity index (χ3n) is 5.98. The van der Waals surface area contributed by atoms with Gasteiger partial charge in [0.05, 0.1) is 17.3 Å². The van der Waals surface area contributed by atoms with Crippen LogP contribution in [0.5, 0.6) is 0 Å². The van der Waals surface area contributed by atoms with E-state index in [2.05, 4.69) is 10.0 Å². The molecular weight excluding hydrogens is 422 g/mol. The van der Waals surface area contributed by atoms with Crippen LogP contribution in [0.15, 0.2) is 132 Å². The highest BCUT2D eigenvalue weighted by molar-refractivity contribution is 6.17. The van der Waals surface area contributed by atoms with Crippen LogP contribution in [0.1, 0.15) is 27.4 Å². The van der Waals surface area contributed by atoms with Crippen LogP contribution in [0.4, 0.5) is 5.69 Å². The zero-order chi connectivity index (χ0) is 23.4. The van der Waals surface area contributed by atoms with Gasteiger partial charge in [0.1, 0.15) is 0 Å². The van der Waals surface area contributed by atoms with Gasteiger partial charge in [-0.05, 0) is 28.8 Å². The van der Waals surface area contributed by atoms with E-state index in [4.69, 9.17) is 5.10 Å². The second-order valence-electron chi connectivity index (χ2n) is 7.95. The predicted molar refractivity (Wildman–Crippen MR) is 134 cm³/mol. The first kappa shape index (κ1) is 21.2. The van der Waals surface area contributed by atoms with Crippen LogP contribution in [0, 0.1) is 0 Å². The van der Waals surface area contributed by atoms with E-state index >= 15 is 0 Å². The smallest absolute Gasteiger partial charge is 0.216 e. The maximum atomic E-state index is 14.3. The van der Waals surface area contributed by atoms with Gasteiger partial charge in [0.25, 0.3) is 0 Å². The van der Waals surface area contributed by atoms with E-state index in [0.29, 0.717) is 17.0 Å². The number of benzene rings is 4. The summed E-state index contributed by atoms with van der Waals surface area (Å²) < 4.78 is 0. The maximum absolute atomic E-state index is 14.3. The predicted octanol–water partition coefficient (Wildman–Crippen LogP) is 6.58. The minimum absolute atomic E-state index is 0.321. The van der Waals surface area contributed by atoms with Crippen LogP contribution in [0.2, 0.25) is 0 Å². The van der Waals surface area contributed by atoms with Crippen LogP contribution in [-0.2, 0) is 0 Å². The summed E-state index contributed by atoms with van der Waals surface area (Å²) in [5.74, 6) is -0.960. The second-order valence-corrected chi connectivity index (χ2v) is 7.95. The Labute approximate surface area is 197 Å². The number of ketones is 1. The molecular formula is C28H21N5O. The zero-order valence-corrected chi connectivity index (χ0v) is 18.3. The van der Waals surface area contributed by atoms with E-state index in [9.17, 15) is 10.3 Å². The molecule has 1 aliphatic heterocycles. The van der Waals surface area contributed by atoms with Crippen molar-refractivity contribution in [2.45, 2.75) is 11.6 Å². The van der Waals surface area contributed by atoms with Gasteiger partial charge < -0.3 is 0 Å². The minimum atomic E-state index is -1.68. The largest absolute Gasteiger partial charge is 0.291 e. The molecule has 0 fully saturated rings. The highest BCUT2D eigenvalue weighted by atomic mass is 16.1. The molecule has 0 spiro atoms. The lowest BCUT2D eigenvalue weighted by Crippen LogP contribution is -2.53. The van der Waals surface area contributed by atoms with Gasteiger partial charge >= 0.3 is 0 Å². The van der Waals surface area contributed by atoms with E-state index in [1.165, 1.54) is 0 Å². The molecule has 1 aliphatic rings. The Morgan fingerprint density at radius 1 is 0.794 bits per heavy atom. The Morgan fingerprint density at radius 2 is 1.32 bits per heavy atom. The third kappa shape index (κ3) is 3.52. The molecule has 0 saturated carbocycles. The Balaban J connectivity index is 1.84. The average Bonchev–Trinajstić information content (AvgIpc) is 3.26. The van der Waals surface area contributed by atoms with Crippen LogP contribution < -0.4 is 5.01 Å². The fourth-order valence-electron chi connectivity index (χ4n) is 4.49. The number of hydrogen-bond donors (Lipinski definition) is 0. The first-order valence-electron chi connectivity index (χ1n) is 11.0. The third-order valence-corrected chi connectivity index (χ3v) is 5.98. The van der Waals surface area contributed by atoms with Crippen LogP contribution in [0.3, 0.4) is 0 Å². The molecule has 1 heterocycles. The fraction of sp³-hybridized carbons (Fsp3) is 0.0714.